The molecule has 2 bridgehead atoms. The van der Waals surface area contributed by atoms with Crippen LogP contribution in [0.3, 0.4) is 0 Å². The van der Waals surface area contributed by atoms with Crippen molar-refractivity contribution < 1.29 is 32.2 Å². The van der Waals surface area contributed by atoms with Crippen molar-refractivity contribution in [1.82, 2.24) is 0 Å². The summed E-state index contributed by atoms with van der Waals surface area (Å²) in [5.41, 5.74) is 3.07. The third-order valence-corrected chi connectivity index (χ3v) is 7.82. The third-order valence-electron chi connectivity index (χ3n) is 7.58. The minimum atomic E-state index is -4.62. The molecule has 0 saturated heterocycles. The Morgan fingerprint density at radius 1 is 1.02 bits per heavy atom. The number of carbonyl (C=O) groups excluding carboxylic acids is 2. The van der Waals surface area contributed by atoms with E-state index in [-0.39, 0.29) is 40.8 Å². The Labute approximate surface area is 251 Å². The third kappa shape index (κ3) is 6.83. The lowest BCUT2D eigenvalue weighted by Gasteiger charge is -2.21. The van der Waals surface area contributed by atoms with E-state index in [0.717, 1.165) is 29.0 Å². The maximum absolute atomic E-state index is 13.7. The van der Waals surface area contributed by atoms with Gasteiger partial charge in [0, 0.05) is 39.9 Å². The van der Waals surface area contributed by atoms with E-state index in [1.165, 1.54) is 25.3 Å². The van der Waals surface area contributed by atoms with Crippen LogP contribution in [0.15, 0.2) is 79.0 Å². The SMILES string of the molecule is COC(=O)Cc1ccc2c(c1)NC(=O)CCCC[C@H](c1ccc(-c3cc(Cl)ccc3C(F)(F)F)c[n+]1[O-])c1cccc-2c1. The molecule has 0 spiro atoms. The van der Waals surface area contributed by atoms with Crippen LogP contribution in [0.4, 0.5) is 18.9 Å². The number of amides is 1. The lowest BCUT2D eigenvalue weighted by molar-refractivity contribution is -0.614. The molecule has 4 aromatic rings. The predicted molar refractivity (Wildman–Crippen MR) is 157 cm³/mol. The predicted octanol–water partition coefficient (Wildman–Crippen LogP) is 7.69. The fourth-order valence-electron chi connectivity index (χ4n) is 5.47. The van der Waals surface area contributed by atoms with Crippen LogP contribution in [-0.4, -0.2) is 19.0 Å². The van der Waals surface area contributed by atoms with Crippen LogP contribution in [0.1, 0.15) is 54.0 Å². The molecule has 1 aliphatic rings. The van der Waals surface area contributed by atoms with Crippen LogP contribution < -0.4 is 10.0 Å². The van der Waals surface area contributed by atoms with Gasteiger partial charge in [-0.2, -0.15) is 17.9 Å². The first kappa shape index (κ1) is 30.1. The smallest absolute Gasteiger partial charge is 0.417 e. The van der Waals surface area contributed by atoms with E-state index < -0.39 is 17.7 Å². The zero-order valence-electron chi connectivity index (χ0n) is 23.2. The number of aromatic nitrogens is 1. The first-order valence-corrected chi connectivity index (χ1v) is 14.1. The van der Waals surface area contributed by atoms with Gasteiger partial charge in [-0.3, -0.25) is 9.59 Å². The minimum Gasteiger partial charge on any atom is -0.618 e. The molecule has 10 heteroatoms. The summed E-state index contributed by atoms with van der Waals surface area (Å²) in [7, 11) is 1.32. The Hall–Kier alpha value is -4.37. The van der Waals surface area contributed by atoms with Gasteiger partial charge in [-0.25, -0.2) is 0 Å². The van der Waals surface area contributed by atoms with Crippen LogP contribution in [0.25, 0.3) is 22.3 Å². The molecule has 6 nitrogen and oxygen atoms in total. The van der Waals surface area contributed by atoms with Gasteiger partial charge in [0.25, 0.3) is 0 Å². The van der Waals surface area contributed by atoms with E-state index in [4.69, 9.17) is 16.3 Å². The number of methoxy groups -OCH3 is 1. The Kier molecular flexibility index (Phi) is 8.73. The number of pyridine rings is 1. The van der Waals surface area contributed by atoms with Crippen LogP contribution in [0.2, 0.25) is 5.02 Å². The van der Waals surface area contributed by atoms with E-state index in [1.54, 1.807) is 18.2 Å². The summed E-state index contributed by atoms with van der Waals surface area (Å²) in [6.07, 6.45) is -1.41. The van der Waals surface area contributed by atoms with Crippen molar-refractivity contribution in [3.8, 4) is 22.3 Å². The maximum Gasteiger partial charge on any atom is 0.417 e. The van der Waals surface area contributed by atoms with Gasteiger partial charge in [0.05, 0.1) is 25.0 Å². The average molecular weight is 609 g/mol. The number of hydrogen-bond acceptors (Lipinski definition) is 4. The van der Waals surface area contributed by atoms with Gasteiger partial charge in [-0.1, -0.05) is 54.4 Å². The first-order chi connectivity index (χ1) is 20.5. The zero-order chi connectivity index (χ0) is 30.7. The van der Waals surface area contributed by atoms with Gasteiger partial charge in [0.2, 0.25) is 5.91 Å². The Morgan fingerprint density at radius 3 is 2.58 bits per heavy atom. The molecule has 1 aliphatic heterocycles. The zero-order valence-corrected chi connectivity index (χ0v) is 24.0. The number of ether oxygens (including phenoxy) is 1. The molecular formula is C33H28ClF3N2O4. The van der Waals surface area contributed by atoms with Crippen LogP contribution in [0, 0.1) is 5.21 Å². The van der Waals surface area contributed by atoms with E-state index in [9.17, 15) is 28.0 Å². The fraction of sp³-hybridized carbons (Fsp3) is 0.242. The van der Waals surface area contributed by atoms with Gasteiger partial charge in [-0.15, -0.1) is 0 Å². The lowest BCUT2D eigenvalue weighted by atomic mass is 9.87. The molecule has 0 aliphatic carbocycles. The number of hydrogen-bond donors (Lipinski definition) is 1. The molecule has 222 valence electrons. The molecule has 2 heterocycles. The van der Waals surface area contributed by atoms with Crippen LogP contribution in [0.5, 0.6) is 0 Å². The summed E-state index contributed by atoms with van der Waals surface area (Å²) in [5, 5.41) is 16.5. The number of halogens is 4. The van der Waals surface area contributed by atoms with E-state index in [0.29, 0.717) is 40.9 Å². The molecule has 1 aromatic heterocycles. The molecule has 5 rings (SSSR count). The van der Waals surface area contributed by atoms with Gasteiger partial charge in [0.1, 0.15) is 0 Å². The number of alkyl halides is 3. The topological polar surface area (TPSA) is 82.3 Å². The molecule has 1 N–H and O–H groups in total. The highest BCUT2D eigenvalue weighted by Crippen LogP contribution is 2.39. The van der Waals surface area contributed by atoms with Crippen molar-refractivity contribution in [3.63, 3.8) is 0 Å². The number of benzene rings is 3. The van der Waals surface area contributed by atoms with Crippen molar-refractivity contribution in [1.29, 1.82) is 0 Å². The standard InChI is InChI=1S/C33H28ClF3N2O4/c1-43-32(41)16-20-9-12-25-21-5-4-6-22(17-21)26(7-2-3-8-31(40)38-29(25)15-20)30-14-10-23(19-39(30)42)27-18-24(34)11-13-28(27)33(35,36)37/h4-6,9-15,17-19,26H,2-3,7-8,16H2,1H3,(H,38,40)/t26-/m0/s1. The number of fused-ring (bicyclic) bond motifs is 4. The quantitative estimate of drug-likeness (QED) is 0.146. The van der Waals surface area contributed by atoms with Crippen molar-refractivity contribution in [2.24, 2.45) is 0 Å². The molecule has 0 radical (unpaired) electrons. The highest BCUT2D eigenvalue weighted by molar-refractivity contribution is 6.30. The van der Waals surface area contributed by atoms with Gasteiger partial charge in [-0.05, 0) is 59.9 Å². The summed E-state index contributed by atoms with van der Waals surface area (Å²) in [5.74, 6) is -0.946. The van der Waals surface area contributed by atoms with Gasteiger partial charge >= 0.3 is 12.1 Å². The number of rotatable bonds is 4. The Balaban J connectivity index is 1.56. The largest absolute Gasteiger partial charge is 0.618 e. The van der Waals surface area contributed by atoms with Crippen molar-refractivity contribution in [2.45, 2.75) is 44.2 Å². The highest BCUT2D eigenvalue weighted by Gasteiger charge is 2.34. The molecule has 1 amide bonds. The molecule has 43 heavy (non-hydrogen) atoms. The number of carbonyl (C=O) groups is 2. The van der Waals surface area contributed by atoms with Crippen LogP contribution in [-0.2, 0) is 26.9 Å². The Morgan fingerprint density at radius 2 is 1.84 bits per heavy atom. The average Bonchev–Trinajstić information content (AvgIpc) is 2.96. The number of nitrogens with zero attached hydrogens (tertiary/aromatic N) is 1. The summed E-state index contributed by atoms with van der Waals surface area (Å²) in [6, 6.07) is 19.4. The monoisotopic (exact) mass is 608 g/mol. The number of esters is 1. The molecule has 1 atom stereocenters. The number of anilines is 1. The van der Waals surface area contributed by atoms with Crippen molar-refractivity contribution in [2.75, 3.05) is 12.4 Å². The highest BCUT2D eigenvalue weighted by atomic mass is 35.5. The Bertz CT molecular complexity index is 1690. The summed E-state index contributed by atoms with van der Waals surface area (Å²) < 4.78 is 46.6. The van der Waals surface area contributed by atoms with E-state index >= 15 is 0 Å². The normalized spacial score (nSPS) is 15.5. The first-order valence-electron chi connectivity index (χ1n) is 13.7. The molecular weight excluding hydrogens is 581 g/mol. The molecule has 3 aromatic carbocycles. The maximum atomic E-state index is 13.7. The van der Waals surface area contributed by atoms with E-state index in [2.05, 4.69) is 5.32 Å². The lowest BCUT2D eigenvalue weighted by Crippen LogP contribution is -2.33. The second-order valence-corrected chi connectivity index (χ2v) is 10.9. The molecule has 0 fully saturated rings. The second kappa shape index (κ2) is 12.5. The molecule has 0 unspecified atom stereocenters. The van der Waals surface area contributed by atoms with Gasteiger partial charge in [0.15, 0.2) is 11.9 Å². The van der Waals surface area contributed by atoms with Gasteiger partial charge < -0.3 is 15.3 Å². The molecule has 0 saturated carbocycles. The van der Waals surface area contributed by atoms with Crippen molar-refractivity contribution >= 4 is 29.2 Å². The summed E-state index contributed by atoms with van der Waals surface area (Å²) in [4.78, 5) is 24.7. The number of nitrogens with one attached hydrogen (secondary N) is 1. The summed E-state index contributed by atoms with van der Waals surface area (Å²) >= 11 is 6.02. The van der Waals surface area contributed by atoms with E-state index in [1.807, 2.05) is 30.3 Å². The fourth-order valence-corrected chi connectivity index (χ4v) is 5.65. The van der Waals surface area contributed by atoms with Crippen LogP contribution >= 0.6 is 11.6 Å². The summed E-state index contributed by atoms with van der Waals surface area (Å²) in [6.45, 7) is 0. The van der Waals surface area contributed by atoms with Crippen molar-refractivity contribution in [3.05, 3.63) is 112 Å². The minimum absolute atomic E-state index is 0.0565. The second-order valence-electron chi connectivity index (χ2n) is 10.5.